The molecule has 1 aromatic heterocycles. The van der Waals surface area contributed by atoms with Crippen molar-refractivity contribution in [1.82, 2.24) is 10.00 Å². The Morgan fingerprint density at radius 1 is 1.19 bits per heavy atom. The first-order valence-electron chi connectivity index (χ1n) is 9.33. The summed E-state index contributed by atoms with van der Waals surface area (Å²) >= 11 is 0. The van der Waals surface area contributed by atoms with Crippen LogP contribution in [0.25, 0.3) is 11.0 Å². The summed E-state index contributed by atoms with van der Waals surface area (Å²) in [5.41, 5.74) is 3.05. The number of hydrogen-bond donors (Lipinski definition) is 1. The summed E-state index contributed by atoms with van der Waals surface area (Å²) < 4.78 is 6.13. The van der Waals surface area contributed by atoms with Crippen LogP contribution in [-0.4, -0.2) is 49.4 Å². The van der Waals surface area contributed by atoms with Crippen LogP contribution in [0, 0.1) is 10.4 Å². The van der Waals surface area contributed by atoms with E-state index in [9.17, 15) is 10.4 Å². The number of fused-ring (bicyclic) bond motifs is 2. The molecule has 1 fully saturated rings. The number of rotatable bonds is 5. The molecular weight excluding hydrogens is 334 g/mol. The van der Waals surface area contributed by atoms with Crippen molar-refractivity contribution in [2.24, 2.45) is 0 Å². The summed E-state index contributed by atoms with van der Waals surface area (Å²) in [5.74, 6) is 0.0669. The lowest BCUT2D eigenvalue weighted by Gasteiger charge is -2.30. The number of ether oxygens (including phenoxy) is 1. The molecule has 140 valence electrons. The lowest BCUT2D eigenvalue weighted by molar-refractivity contribution is -0.672. The van der Waals surface area contributed by atoms with Crippen molar-refractivity contribution < 1.29 is 14.3 Å². The Morgan fingerprint density at radius 2 is 1.88 bits per heavy atom. The molecule has 0 atom stereocenters. The summed E-state index contributed by atoms with van der Waals surface area (Å²) in [7, 11) is 1.76. The van der Waals surface area contributed by atoms with Crippen molar-refractivity contribution in [3.63, 3.8) is 0 Å². The van der Waals surface area contributed by atoms with Crippen molar-refractivity contribution in [2.45, 2.75) is 38.2 Å². The third kappa shape index (κ3) is 3.26. The van der Waals surface area contributed by atoms with E-state index in [-0.39, 0.29) is 5.95 Å². The van der Waals surface area contributed by atoms with Gasteiger partial charge < -0.3 is 15.2 Å². The van der Waals surface area contributed by atoms with Gasteiger partial charge in [0.2, 0.25) is 5.10 Å². The quantitative estimate of drug-likeness (QED) is 0.618. The number of nitrogens with one attached hydrogen (secondary N) is 1. The van der Waals surface area contributed by atoms with E-state index in [1.54, 1.807) is 7.11 Å². The average Bonchev–Trinajstić information content (AvgIpc) is 3.12. The molecule has 0 saturated carbocycles. The van der Waals surface area contributed by atoms with E-state index in [4.69, 9.17) is 4.74 Å². The van der Waals surface area contributed by atoms with E-state index < -0.39 is 0 Å². The number of benzene rings is 1. The molecule has 1 aliphatic heterocycles. The first-order valence-corrected chi connectivity index (χ1v) is 9.33. The lowest BCUT2D eigenvalue weighted by atomic mass is 10.1. The normalized spacial score (nSPS) is 18.3. The van der Waals surface area contributed by atoms with Gasteiger partial charge in [0.15, 0.2) is 5.52 Å². The molecule has 0 radical (unpaired) electrons. The van der Waals surface area contributed by atoms with Gasteiger partial charge in [-0.25, -0.2) is 4.73 Å². The summed E-state index contributed by atoms with van der Waals surface area (Å²) in [5, 5.41) is 31.9. The van der Waals surface area contributed by atoms with Crippen LogP contribution in [0.1, 0.15) is 30.4 Å². The molecule has 0 amide bonds. The highest BCUT2D eigenvalue weighted by molar-refractivity contribution is 5.71. The zero-order valence-corrected chi connectivity index (χ0v) is 15.1. The molecule has 1 aliphatic carbocycles. The van der Waals surface area contributed by atoms with Crippen LogP contribution in [0.3, 0.4) is 0 Å². The van der Waals surface area contributed by atoms with Crippen molar-refractivity contribution in [3.8, 4) is 0 Å². The maximum absolute atomic E-state index is 12.7. The van der Waals surface area contributed by atoms with Gasteiger partial charge in [0.05, 0.1) is 12.6 Å². The molecule has 8 nitrogen and oxygen atoms in total. The third-order valence-corrected chi connectivity index (χ3v) is 5.57. The molecule has 4 rings (SSSR count). The number of methoxy groups -OCH3 is 1. The monoisotopic (exact) mass is 359 g/mol. The van der Waals surface area contributed by atoms with Gasteiger partial charge in [0.25, 0.3) is 5.52 Å². The second kappa shape index (κ2) is 7.20. The predicted octanol–water partition coefficient (Wildman–Crippen LogP) is 0.513. The Labute approximate surface area is 152 Å². The standard InChI is InChI=1S/C18H25N5O3/c1-26-15-5-8-21(9-6-15)10-7-19-18-20-23(25)17-12-14-4-2-3-13(14)11-16(17)22(18)24/h11-12,15H,2-10H2,1H3,(H,19,20). The van der Waals surface area contributed by atoms with Crippen LogP contribution in [-0.2, 0) is 17.6 Å². The molecule has 26 heavy (non-hydrogen) atoms. The van der Waals surface area contributed by atoms with Crippen LogP contribution < -0.4 is 14.9 Å². The van der Waals surface area contributed by atoms with Crippen molar-refractivity contribution >= 4 is 17.0 Å². The van der Waals surface area contributed by atoms with Crippen LogP contribution in [0.5, 0.6) is 0 Å². The second-order valence-electron chi connectivity index (χ2n) is 7.16. The number of aromatic nitrogens is 3. The highest BCUT2D eigenvalue weighted by Crippen LogP contribution is 2.24. The average molecular weight is 359 g/mol. The van der Waals surface area contributed by atoms with Crippen molar-refractivity contribution in [3.05, 3.63) is 33.7 Å². The molecule has 1 N–H and O–H groups in total. The minimum atomic E-state index is 0.0669. The van der Waals surface area contributed by atoms with E-state index in [1.165, 1.54) is 5.56 Å². The first kappa shape index (κ1) is 17.2. The predicted molar refractivity (Wildman–Crippen MR) is 96.6 cm³/mol. The van der Waals surface area contributed by atoms with E-state index >= 15 is 0 Å². The van der Waals surface area contributed by atoms with Crippen molar-refractivity contribution in [2.75, 3.05) is 38.6 Å². The second-order valence-corrected chi connectivity index (χ2v) is 7.16. The van der Waals surface area contributed by atoms with Gasteiger partial charge in [-0.05, 0) is 49.3 Å². The fraction of sp³-hybridized carbons (Fsp3) is 0.611. The lowest BCUT2D eigenvalue weighted by Crippen LogP contribution is -2.45. The van der Waals surface area contributed by atoms with Gasteiger partial charge in [0.1, 0.15) is 0 Å². The molecule has 0 spiro atoms. The Hall–Kier alpha value is -2.19. The molecule has 8 heteroatoms. The fourth-order valence-corrected chi connectivity index (χ4v) is 4.01. The molecule has 2 aromatic rings. The van der Waals surface area contributed by atoms with E-state index in [2.05, 4.69) is 15.3 Å². The fourth-order valence-electron chi connectivity index (χ4n) is 4.01. The van der Waals surface area contributed by atoms with E-state index in [0.29, 0.717) is 28.5 Å². The molecule has 2 aliphatic rings. The number of anilines is 1. The molecule has 1 aromatic carbocycles. The zero-order chi connectivity index (χ0) is 18.1. The molecule has 2 heterocycles. The zero-order valence-electron chi connectivity index (χ0n) is 15.1. The first-order chi connectivity index (χ1) is 12.7. The molecule has 0 bridgehead atoms. The Morgan fingerprint density at radius 3 is 2.58 bits per heavy atom. The Bertz CT molecular complexity index is 805. The van der Waals surface area contributed by atoms with E-state index in [0.717, 1.165) is 62.0 Å². The van der Waals surface area contributed by atoms with Gasteiger partial charge in [-0.3, -0.25) is 10.2 Å². The maximum atomic E-state index is 12.7. The maximum Gasteiger partial charge on any atom is 0.461 e. The highest BCUT2D eigenvalue weighted by Gasteiger charge is 2.24. The Kier molecular flexibility index (Phi) is 4.78. The summed E-state index contributed by atoms with van der Waals surface area (Å²) in [6, 6.07) is 3.66. The summed E-state index contributed by atoms with van der Waals surface area (Å²) in [4.78, 5) is 2.89. The minimum Gasteiger partial charge on any atom is -0.739 e. The van der Waals surface area contributed by atoms with Crippen LogP contribution in [0.15, 0.2) is 12.1 Å². The Balaban J connectivity index is 1.45. The number of piperidine rings is 1. The minimum absolute atomic E-state index is 0.0669. The van der Waals surface area contributed by atoms with Gasteiger partial charge in [0, 0.05) is 37.7 Å². The molecular formula is C18H25N5O3. The summed E-state index contributed by atoms with van der Waals surface area (Å²) in [6.07, 6.45) is 5.40. The van der Waals surface area contributed by atoms with Crippen LogP contribution >= 0.6 is 0 Å². The third-order valence-electron chi connectivity index (χ3n) is 5.57. The number of aryl methyl sites for hydroxylation is 2. The van der Waals surface area contributed by atoms with Gasteiger partial charge >= 0.3 is 5.95 Å². The smallest absolute Gasteiger partial charge is 0.461 e. The van der Waals surface area contributed by atoms with Gasteiger partial charge in [-0.15, -0.1) is 0 Å². The topological polar surface area (TPSA) is 91.3 Å². The van der Waals surface area contributed by atoms with Crippen molar-refractivity contribution in [1.29, 1.82) is 0 Å². The van der Waals surface area contributed by atoms with Crippen LogP contribution in [0.4, 0.5) is 5.95 Å². The number of nitrogens with zero attached hydrogens (tertiary/aromatic N) is 4. The molecule has 1 saturated heterocycles. The molecule has 0 unspecified atom stereocenters. The van der Waals surface area contributed by atoms with Gasteiger partial charge in [-0.2, -0.15) is 0 Å². The number of hydrogen-bond acceptors (Lipinski definition) is 6. The highest BCUT2D eigenvalue weighted by atomic mass is 16.5. The number of likely N-dealkylation sites (tertiary alicyclic amines) is 1. The summed E-state index contributed by atoms with van der Waals surface area (Å²) in [6.45, 7) is 3.34. The largest absolute Gasteiger partial charge is 0.739 e. The SMILES string of the molecule is COC1CCN(CCNc2n[n+]([O-])c3cc4c(cc3[n+]2[O-])CCC4)CC1. The van der Waals surface area contributed by atoms with E-state index in [1.807, 2.05) is 12.1 Å². The van der Waals surface area contributed by atoms with Gasteiger partial charge in [-0.1, -0.05) is 0 Å². The van der Waals surface area contributed by atoms with Crippen LogP contribution in [0.2, 0.25) is 0 Å².